The van der Waals surface area contributed by atoms with Gasteiger partial charge in [-0.1, -0.05) is 46.1 Å². The second-order valence-electron chi connectivity index (χ2n) is 5.33. The van der Waals surface area contributed by atoms with Gasteiger partial charge in [-0.05, 0) is 32.1 Å². The lowest BCUT2D eigenvalue weighted by molar-refractivity contribution is -0.139. The van der Waals surface area contributed by atoms with Gasteiger partial charge in [0.05, 0.1) is 6.61 Å². The molecule has 0 bridgehead atoms. The highest BCUT2D eigenvalue weighted by molar-refractivity contribution is 5.87. The Morgan fingerprint density at radius 1 is 1.18 bits per heavy atom. The fourth-order valence-corrected chi connectivity index (χ4v) is 1.60. The lowest BCUT2D eigenvalue weighted by Gasteiger charge is -2.12. The molecule has 0 aliphatic rings. The average molecular weight is 240 g/mol. The number of carbonyl (C=O) groups excluding carboxylic acids is 1. The van der Waals surface area contributed by atoms with Gasteiger partial charge in [-0.3, -0.25) is 0 Å². The maximum Gasteiger partial charge on any atom is 0.333 e. The molecule has 0 spiro atoms. The van der Waals surface area contributed by atoms with Crippen LogP contribution in [0, 0.1) is 11.8 Å². The summed E-state index contributed by atoms with van der Waals surface area (Å²) >= 11 is 0. The largest absolute Gasteiger partial charge is 0.462 e. The standard InChI is InChI=1S/C15H28O2/c1-6-14(5)15(16)17-11-10-13(4)9-7-8-12(2)3/h6,12-13H,7-11H2,1-5H3/b14-6-. The highest BCUT2D eigenvalue weighted by Crippen LogP contribution is 2.15. The molecule has 100 valence electrons. The molecule has 0 rings (SSSR count). The summed E-state index contributed by atoms with van der Waals surface area (Å²) in [6.45, 7) is 10.9. The third-order valence-electron chi connectivity index (χ3n) is 3.08. The summed E-state index contributed by atoms with van der Waals surface area (Å²) in [5.41, 5.74) is 0.692. The van der Waals surface area contributed by atoms with Crippen LogP contribution in [-0.2, 0) is 9.53 Å². The summed E-state index contributed by atoms with van der Waals surface area (Å²) in [6, 6.07) is 0. The first-order chi connectivity index (χ1) is 7.97. The van der Waals surface area contributed by atoms with Crippen LogP contribution < -0.4 is 0 Å². The summed E-state index contributed by atoms with van der Waals surface area (Å²) in [5.74, 6) is 1.26. The van der Waals surface area contributed by atoms with Gasteiger partial charge in [0.25, 0.3) is 0 Å². The van der Waals surface area contributed by atoms with Crippen molar-refractivity contribution in [2.24, 2.45) is 11.8 Å². The summed E-state index contributed by atoms with van der Waals surface area (Å²) in [4.78, 5) is 11.4. The van der Waals surface area contributed by atoms with E-state index >= 15 is 0 Å². The predicted molar refractivity (Wildman–Crippen MR) is 72.9 cm³/mol. The molecule has 0 heterocycles. The topological polar surface area (TPSA) is 26.3 Å². The van der Waals surface area contributed by atoms with E-state index < -0.39 is 0 Å². The average Bonchev–Trinajstić information content (AvgIpc) is 2.27. The van der Waals surface area contributed by atoms with Crippen LogP contribution in [0.25, 0.3) is 0 Å². The maximum absolute atomic E-state index is 11.4. The number of rotatable bonds is 8. The number of allylic oxidation sites excluding steroid dienone is 1. The predicted octanol–water partition coefficient (Wildman–Crippen LogP) is 4.35. The molecule has 0 amide bonds. The zero-order valence-corrected chi connectivity index (χ0v) is 12.1. The van der Waals surface area contributed by atoms with Gasteiger partial charge in [-0.2, -0.15) is 0 Å². The third-order valence-corrected chi connectivity index (χ3v) is 3.08. The van der Waals surface area contributed by atoms with Crippen molar-refractivity contribution in [1.29, 1.82) is 0 Å². The van der Waals surface area contributed by atoms with Crippen molar-refractivity contribution in [2.45, 2.75) is 60.3 Å². The van der Waals surface area contributed by atoms with Crippen LogP contribution in [0.5, 0.6) is 0 Å². The van der Waals surface area contributed by atoms with Crippen LogP contribution in [-0.4, -0.2) is 12.6 Å². The smallest absolute Gasteiger partial charge is 0.333 e. The summed E-state index contributed by atoms with van der Waals surface area (Å²) in [6.07, 6.45) is 6.57. The minimum atomic E-state index is -0.179. The van der Waals surface area contributed by atoms with Gasteiger partial charge in [0.2, 0.25) is 0 Å². The number of ether oxygens (including phenoxy) is 1. The van der Waals surface area contributed by atoms with Gasteiger partial charge in [0, 0.05) is 5.57 Å². The van der Waals surface area contributed by atoms with E-state index in [0.717, 1.165) is 12.3 Å². The quantitative estimate of drug-likeness (QED) is 0.466. The molecule has 0 aromatic carbocycles. The van der Waals surface area contributed by atoms with Crippen molar-refractivity contribution in [3.63, 3.8) is 0 Å². The highest BCUT2D eigenvalue weighted by Gasteiger charge is 2.07. The minimum absolute atomic E-state index is 0.179. The van der Waals surface area contributed by atoms with Crippen molar-refractivity contribution >= 4 is 5.97 Å². The van der Waals surface area contributed by atoms with Gasteiger partial charge in [0.1, 0.15) is 0 Å². The van der Waals surface area contributed by atoms with E-state index in [2.05, 4.69) is 20.8 Å². The van der Waals surface area contributed by atoms with E-state index in [1.54, 1.807) is 13.0 Å². The highest BCUT2D eigenvalue weighted by atomic mass is 16.5. The Labute approximate surface area is 106 Å². The normalized spacial score (nSPS) is 13.9. The SMILES string of the molecule is C/C=C(/C)C(=O)OCCC(C)CCCC(C)C. The van der Waals surface area contributed by atoms with Crippen LogP contribution in [0.1, 0.15) is 60.3 Å². The second-order valence-corrected chi connectivity index (χ2v) is 5.33. The first-order valence-electron chi connectivity index (χ1n) is 6.77. The maximum atomic E-state index is 11.4. The van der Waals surface area contributed by atoms with Crippen molar-refractivity contribution in [2.75, 3.05) is 6.61 Å². The third kappa shape index (κ3) is 8.96. The first-order valence-corrected chi connectivity index (χ1v) is 6.77. The van der Waals surface area contributed by atoms with E-state index in [4.69, 9.17) is 4.74 Å². The first kappa shape index (κ1) is 16.2. The number of hydrogen-bond donors (Lipinski definition) is 0. The molecule has 0 radical (unpaired) electrons. The minimum Gasteiger partial charge on any atom is -0.462 e. The van der Waals surface area contributed by atoms with E-state index in [1.165, 1.54) is 19.3 Å². The lowest BCUT2D eigenvalue weighted by Crippen LogP contribution is -2.09. The van der Waals surface area contributed by atoms with Crippen LogP contribution >= 0.6 is 0 Å². The molecule has 1 unspecified atom stereocenters. The van der Waals surface area contributed by atoms with E-state index in [0.29, 0.717) is 18.1 Å². The van der Waals surface area contributed by atoms with Crippen LogP contribution in [0.3, 0.4) is 0 Å². The van der Waals surface area contributed by atoms with Gasteiger partial charge in [0.15, 0.2) is 0 Å². The lowest BCUT2D eigenvalue weighted by atomic mass is 9.98. The molecular formula is C15H28O2. The Morgan fingerprint density at radius 3 is 2.35 bits per heavy atom. The zero-order valence-electron chi connectivity index (χ0n) is 12.1. The Hall–Kier alpha value is -0.790. The van der Waals surface area contributed by atoms with E-state index in [9.17, 15) is 4.79 Å². The Morgan fingerprint density at radius 2 is 1.82 bits per heavy atom. The molecule has 1 atom stereocenters. The molecule has 2 nitrogen and oxygen atoms in total. The monoisotopic (exact) mass is 240 g/mol. The fraction of sp³-hybridized carbons (Fsp3) is 0.800. The molecule has 0 fully saturated rings. The molecular weight excluding hydrogens is 212 g/mol. The van der Waals surface area contributed by atoms with Crippen molar-refractivity contribution in [3.05, 3.63) is 11.6 Å². The molecule has 0 aromatic rings. The van der Waals surface area contributed by atoms with Gasteiger partial charge >= 0.3 is 5.97 Å². The van der Waals surface area contributed by atoms with Crippen LogP contribution in [0.2, 0.25) is 0 Å². The molecule has 2 heteroatoms. The zero-order chi connectivity index (χ0) is 13.3. The molecule has 0 saturated carbocycles. The molecule has 0 saturated heterocycles. The van der Waals surface area contributed by atoms with E-state index in [-0.39, 0.29) is 5.97 Å². The Kier molecular flexibility index (Phi) is 8.83. The molecule has 17 heavy (non-hydrogen) atoms. The van der Waals surface area contributed by atoms with Crippen molar-refractivity contribution in [3.8, 4) is 0 Å². The van der Waals surface area contributed by atoms with Crippen molar-refractivity contribution < 1.29 is 9.53 Å². The number of esters is 1. The van der Waals surface area contributed by atoms with Gasteiger partial charge < -0.3 is 4.74 Å². The van der Waals surface area contributed by atoms with Crippen LogP contribution in [0.15, 0.2) is 11.6 Å². The van der Waals surface area contributed by atoms with Gasteiger partial charge in [-0.25, -0.2) is 4.79 Å². The Balaban J connectivity index is 3.57. The second kappa shape index (κ2) is 9.26. The number of carbonyl (C=O) groups is 1. The van der Waals surface area contributed by atoms with Crippen LogP contribution in [0.4, 0.5) is 0 Å². The van der Waals surface area contributed by atoms with Gasteiger partial charge in [-0.15, -0.1) is 0 Å². The molecule has 0 N–H and O–H groups in total. The summed E-state index contributed by atoms with van der Waals surface area (Å²) in [5, 5.41) is 0. The number of hydrogen-bond acceptors (Lipinski definition) is 2. The molecule has 0 aromatic heterocycles. The molecule has 0 aliphatic heterocycles. The molecule has 0 aliphatic carbocycles. The Bertz CT molecular complexity index is 241. The van der Waals surface area contributed by atoms with E-state index in [1.807, 2.05) is 6.92 Å². The summed E-state index contributed by atoms with van der Waals surface area (Å²) < 4.78 is 5.19. The van der Waals surface area contributed by atoms with Crippen molar-refractivity contribution in [1.82, 2.24) is 0 Å². The fourth-order valence-electron chi connectivity index (χ4n) is 1.60. The summed E-state index contributed by atoms with van der Waals surface area (Å²) in [7, 11) is 0.